The molecule has 2 bridgehead atoms. The molecule has 2 amide bonds. The number of nitrogens with zero attached hydrogens (tertiary/aromatic N) is 2. The summed E-state index contributed by atoms with van der Waals surface area (Å²) in [5.41, 5.74) is 0.512. The summed E-state index contributed by atoms with van der Waals surface area (Å²) < 4.78 is 14.6. The molecule has 0 aromatic heterocycles. The minimum Gasteiger partial charge on any atom is -0.355 e. The number of allylic oxidation sites excluding steroid dienone is 2. The Hall–Kier alpha value is -2.22. The van der Waals surface area contributed by atoms with Crippen LogP contribution in [0, 0.1) is 29.5 Å². The van der Waals surface area contributed by atoms with Gasteiger partial charge in [0.25, 0.3) is 0 Å². The summed E-state index contributed by atoms with van der Waals surface area (Å²) in [5, 5.41) is 6.13. The van der Waals surface area contributed by atoms with Crippen molar-refractivity contribution in [3.8, 4) is 0 Å². The van der Waals surface area contributed by atoms with E-state index >= 15 is 0 Å². The molecular weight excluding hydrogens is 427 g/mol. The SMILES string of the molecule is CN=C(NCCN1C(=O)C2C3C=CC(C3)C2C1=O)NCc1cc(Br)ccc1F. The van der Waals surface area contributed by atoms with Crippen molar-refractivity contribution in [2.45, 2.75) is 13.0 Å². The number of nitrogens with one attached hydrogen (secondary N) is 2. The molecule has 1 aromatic rings. The van der Waals surface area contributed by atoms with Crippen molar-refractivity contribution in [1.82, 2.24) is 15.5 Å². The highest BCUT2D eigenvalue weighted by Gasteiger charge is 2.58. The van der Waals surface area contributed by atoms with E-state index in [4.69, 9.17) is 0 Å². The number of imide groups is 1. The lowest BCUT2D eigenvalue weighted by Gasteiger charge is -2.18. The number of fused-ring (bicyclic) bond motifs is 5. The molecule has 1 saturated heterocycles. The van der Waals surface area contributed by atoms with Gasteiger partial charge in [0.05, 0.1) is 11.8 Å². The molecule has 0 radical (unpaired) electrons. The van der Waals surface area contributed by atoms with E-state index in [0.717, 1.165) is 10.9 Å². The Morgan fingerprint density at radius 2 is 1.89 bits per heavy atom. The Morgan fingerprint density at radius 1 is 1.21 bits per heavy atom. The molecule has 1 heterocycles. The summed E-state index contributed by atoms with van der Waals surface area (Å²) in [4.78, 5) is 30.8. The quantitative estimate of drug-likeness (QED) is 0.313. The van der Waals surface area contributed by atoms with Crippen molar-refractivity contribution in [2.24, 2.45) is 28.7 Å². The Bertz CT molecular complexity index is 842. The zero-order chi connectivity index (χ0) is 19.8. The predicted molar refractivity (Wildman–Crippen MR) is 107 cm³/mol. The minimum absolute atomic E-state index is 0.0483. The van der Waals surface area contributed by atoms with Crippen LogP contribution in [0.15, 0.2) is 39.8 Å². The van der Waals surface area contributed by atoms with Crippen molar-refractivity contribution in [2.75, 3.05) is 20.1 Å². The Labute approximate surface area is 171 Å². The minimum atomic E-state index is -0.297. The third-order valence-corrected chi connectivity index (χ3v) is 6.36. The summed E-state index contributed by atoms with van der Waals surface area (Å²) in [6, 6.07) is 4.76. The molecule has 4 atom stereocenters. The van der Waals surface area contributed by atoms with Crippen LogP contribution in [0.1, 0.15) is 12.0 Å². The van der Waals surface area contributed by atoms with Gasteiger partial charge >= 0.3 is 0 Å². The maximum Gasteiger partial charge on any atom is 0.233 e. The highest BCUT2D eigenvalue weighted by Crippen LogP contribution is 2.52. The maximum atomic E-state index is 13.8. The van der Waals surface area contributed by atoms with E-state index in [-0.39, 0.29) is 47.8 Å². The number of hydrogen-bond acceptors (Lipinski definition) is 3. The van der Waals surface area contributed by atoms with Gasteiger partial charge in [0.1, 0.15) is 5.82 Å². The van der Waals surface area contributed by atoms with Gasteiger partial charge in [-0.05, 0) is 36.5 Å². The zero-order valence-corrected chi connectivity index (χ0v) is 17.1. The average molecular weight is 449 g/mol. The summed E-state index contributed by atoms with van der Waals surface area (Å²) in [6.45, 7) is 0.960. The van der Waals surface area contributed by atoms with E-state index in [1.807, 2.05) is 0 Å². The lowest BCUT2D eigenvalue weighted by atomic mass is 9.85. The largest absolute Gasteiger partial charge is 0.355 e. The molecule has 4 unspecified atom stereocenters. The summed E-state index contributed by atoms with van der Waals surface area (Å²) in [5.74, 6) is 0.201. The predicted octanol–water partition coefficient (Wildman–Crippen LogP) is 2.06. The van der Waals surface area contributed by atoms with Gasteiger partial charge in [-0.2, -0.15) is 0 Å². The molecule has 8 heteroatoms. The van der Waals surface area contributed by atoms with Crippen LogP contribution >= 0.6 is 15.9 Å². The molecule has 28 heavy (non-hydrogen) atoms. The summed E-state index contributed by atoms with van der Waals surface area (Å²) in [6.07, 6.45) is 5.11. The first-order valence-electron chi connectivity index (χ1n) is 9.41. The normalized spacial score (nSPS) is 28.2. The van der Waals surface area contributed by atoms with Crippen molar-refractivity contribution in [3.63, 3.8) is 0 Å². The number of aliphatic imine (C=N–C) groups is 1. The van der Waals surface area contributed by atoms with Crippen LogP contribution < -0.4 is 10.6 Å². The average Bonchev–Trinajstić information content (AvgIpc) is 3.36. The fourth-order valence-electron chi connectivity index (χ4n) is 4.55. The van der Waals surface area contributed by atoms with E-state index in [2.05, 4.69) is 43.7 Å². The molecule has 2 aliphatic carbocycles. The van der Waals surface area contributed by atoms with Gasteiger partial charge in [0, 0.05) is 36.7 Å². The lowest BCUT2D eigenvalue weighted by molar-refractivity contribution is -0.140. The smallest absolute Gasteiger partial charge is 0.233 e. The molecule has 148 valence electrons. The van der Waals surface area contributed by atoms with E-state index in [1.54, 1.807) is 19.2 Å². The third kappa shape index (κ3) is 3.34. The Morgan fingerprint density at radius 3 is 2.54 bits per heavy atom. The molecule has 1 saturated carbocycles. The monoisotopic (exact) mass is 448 g/mol. The van der Waals surface area contributed by atoms with E-state index < -0.39 is 0 Å². The highest BCUT2D eigenvalue weighted by molar-refractivity contribution is 9.10. The third-order valence-electron chi connectivity index (χ3n) is 5.87. The van der Waals surface area contributed by atoms with Gasteiger partial charge in [-0.25, -0.2) is 4.39 Å². The number of likely N-dealkylation sites (tertiary alicyclic amines) is 1. The molecule has 1 aromatic carbocycles. The number of hydrogen-bond donors (Lipinski definition) is 2. The number of halogens is 2. The number of amides is 2. The van der Waals surface area contributed by atoms with Gasteiger partial charge < -0.3 is 10.6 Å². The van der Waals surface area contributed by atoms with Crippen molar-refractivity contribution in [1.29, 1.82) is 0 Å². The Balaban J connectivity index is 1.29. The van der Waals surface area contributed by atoms with E-state index in [1.165, 1.54) is 11.0 Å². The van der Waals surface area contributed by atoms with Gasteiger partial charge in [0.2, 0.25) is 11.8 Å². The second kappa shape index (κ2) is 7.66. The topological polar surface area (TPSA) is 73.8 Å². The maximum absolute atomic E-state index is 13.8. The van der Waals surface area contributed by atoms with Gasteiger partial charge in [-0.3, -0.25) is 19.5 Å². The summed E-state index contributed by atoms with van der Waals surface area (Å²) in [7, 11) is 1.62. The van der Waals surface area contributed by atoms with Gasteiger partial charge in [-0.15, -0.1) is 0 Å². The number of benzene rings is 1. The number of carbonyl (C=O) groups is 2. The van der Waals surface area contributed by atoms with Crippen LogP contribution in [0.4, 0.5) is 4.39 Å². The van der Waals surface area contributed by atoms with Crippen LogP contribution in [0.5, 0.6) is 0 Å². The lowest BCUT2D eigenvalue weighted by Crippen LogP contribution is -2.43. The van der Waals surface area contributed by atoms with Gasteiger partial charge in [-0.1, -0.05) is 28.1 Å². The molecule has 6 nitrogen and oxygen atoms in total. The molecule has 3 aliphatic rings. The van der Waals surface area contributed by atoms with Crippen molar-refractivity contribution in [3.05, 3.63) is 46.2 Å². The second-order valence-electron chi connectivity index (χ2n) is 7.42. The first-order valence-corrected chi connectivity index (χ1v) is 10.2. The van der Waals surface area contributed by atoms with Gasteiger partial charge in [0.15, 0.2) is 5.96 Å². The fraction of sp³-hybridized carbons (Fsp3) is 0.450. The van der Waals surface area contributed by atoms with Crippen LogP contribution in [0.25, 0.3) is 0 Å². The standard InChI is InChI=1S/C20H22BrFN4O2/c1-23-20(25-10-13-9-14(21)4-5-15(13)22)24-6-7-26-18(27)16-11-2-3-12(8-11)17(16)19(26)28/h2-5,9,11-12,16-17H,6-8,10H2,1H3,(H2,23,24,25). The van der Waals surface area contributed by atoms with E-state index in [0.29, 0.717) is 24.6 Å². The Kier molecular flexibility index (Phi) is 5.23. The molecule has 2 fully saturated rings. The fourth-order valence-corrected chi connectivity index (χ4v) is 4.96. The number of rotatable bonds is 5. The number of guanidine groups is 1. The molecular formula is C20H22BrFN4O2. The van der Waals surface area contributed by atoms with Crippen LogP contribution in [0.3, 0.4) is 0 Å². The molecule has 4 rings (SSSR count). The van der Waals surface area contributed by atoms with Crippen LogP contribution in [-0.2, 0) is 16.1 Å². The zero-order valence-electron chi connectivity index (χ0n) is 15.5. The first-order chi connectivity index (χ1) is 13.5. The van der Waals surface area contributed by atoms with Crippen molar-refractivity contribution < 1.29 is 14.0 Å². The summed E-state index contributed by atoms with van der Waals surface area (Å²) >= 11 is 3.33. The van der Waals surface area contributed by atoms with Crippen LogP contribution in [-0.4, -0.2) is 42.8 Å². The highest BCUT2D eigenvalue weighted by atomic mass is 79.9. The first kappa shape index (κ1) is 19.1. The second-order valence-corrected chi connectivity index (χ2v) is 8.33. The molecule has 1 aliphatic heterocycles. The van der Waals surface area contributed by atoms with E-state index in [9.17, 15) is 14.0 Å². The molecule has 2 N–H and O–H groups in total. The number of carbonyl (C=O) groups excluding carboxylic acids is 2. The van der Waals surface area contributed by atoms with Crippen molar-refractivity contribution >= 4 is 33.7 Å². The molecule has 0 spiro atoms. The van der Waals surface area contributed by atoms with Crippen LogP contribution in [0.2, 0.25) is 0 Å².